The number of carbonyl (C=O) groups is 1. The maximum Gasteiger partial charge on any atom is 0.410 e. The van der Waals surface area contributed by atoms with Gasteiger partial charge in [-0.25, -0.2) is 4.79 Å². The maximum atomic E-state index is 12.0. The van der Waals surface area contributed by atoms with Gasteiger partial charge in [0.25, 0.3) is 0 Å². The highest BCUT2D eigenvalue weighted by Gasteiger charge is 2.44. The summed E-state index contributed by atoms with van der Waals surface area (Å²) in [4.78, 5) is 13.8. The van der Waals surface area contributed by atoms with Gasteiger partial charge in [0, 0.05) is 12.1 Å². The number of rotatable bonds is 0. The summed E-state index contributed by atoms with van der Waals surface area (Å²) in [7, 11) is 0. The van der Waals surface area contributed by atoms with Crippen LogP contribution in [0, 0.1) is 0 Å². The number of nitrogens with zero attached hydrogens (tertiary/aromatic N) is 1. The first-order valence-corrected chi connectivity index (χ1v) is 6.06. The zero-order valence-corrected chi connectivity index (χ0v) is 10.3. The molecule has 3 atom stereocenters. The minimum Gasteiger partial charge on any atom is -0.444 e. The lowest BCUT2D eigenvalue weighted by molar-refractivity contribution is -0.0110. The number of amides is 1. The second-order valence-electron chi connectivity index (χ2n) is 5.90. The van der Waals surface area contributed by atoms with Gasteiger partial charge in [-0.2, -0.15) is 0 Å². The molecule has 0 aromatic heterocycles. The first-order valence-electron chi connectivity index (χ1n) is 6.06. The van der Waals surface area contributed by atoms with Crippen LogP contribution in [0.5, 0.6) is 0 Å². The molecule has 2 bridgehead atoms. The molecule has 4 nitrogen and oxygen atoms in total. The smallest absolute Gasteiger partial charge is 0.410 e. The Labute approximate surface area is 96.6 Å². The number of piperidine rings is 1. The van der Waals surface area contributed by atoms with E-state index in [-0.39, 0.29) is 24.3 Å². The van der Waals surface area contributed by atoms with E-state index in [4.69, 9.17) is 4.74 Å². The number of hydrogen-bond donors (Lipinski definition) is 1. The number of carbonyl (C=O) groups excluding carboxylic acids is 1. The number of aliphatic hydroxyl groups excluding tert-OH is 1. The highest BCUT2D eigenvalue weighted by atomic mass is 16.6. The Morgan fingerprint density at radius 3 is 2.19 bits per heavy atom. The molecule has 92 valence electrons. The van der Waals surface area contributed by atoms with E-state index in [1.54, 1.807) is 0 Å². The van der Waals surface area contributed by atoms with E-state index in [1.807, 2.05) is 25.7 Å². The molecule has 2 aliphatic heterocycles. The largest absolute Gasteiger partial charge is 0.444 e. The van der Waals surface area contributed by atoms with Crippen LogP contribution in [0.2, 0.25) is 0 Å². The van der Waals surface area contributed by atoms with Crippen LogP contribution < -0.4 is 0 Å². The van der Waals surface area contributed by atoms with E-state index in [9.17, 15) is 9.90 Å². The van der Waals surface area contributed by atoms with Crippen LogP contribution in [0.1, 0.15) is 46.5 Å². The number of hydrogen-bond acceptors (Lipinski definition) is 3. The molecule has 2 aliphatic rings. The predicted molar refractivity (Wildman–Crippen MR) is 60.1 cm³/mol. The Balaban J connectivity index is 2.03. The minimum absolute atomic E-state index is 0.184. The molecule has 0 aromatic carbocycles. The van der Waals surface area contributed by atoms with Crippen molar-refractivity contribution in [3.05, 3.63) is 0 Å². The van der Waals surface area contributed by atoms with Gasteiger partial charge < -0.3 is 14.7 Å². The van der Waals surface area contributed by atoms with E-state index < -0.39 is 5.60 Å². The van der Waals surface area contributed by atoms with Crippen molar-refractivity contribution in [3.8, 4) is 0 Å². The van der Waals surface area contributed by atoms with Crippen LogP contribution in [0.4, 0.5) is 4.79 Å². The topological polar surface area (TPSA) is 49.8 Å². The summed E-state index contributed by atoms with van der Waals surface area (Å²) in [6, 6.07) is 0.368. The van der Waals surface area contributed by atoms with Gasteiger partial charge in [-0.15, -0.1) is 0 Å². The summed E-state index contributed by atoms with van der Waals surface area (Å²) in [6.07, 6.45) is 2.95. The standard InChI is InChI=1S/C12H21NO3/c1-12(2,3)16-11(15)13-8-4-5-9(13)7-10(14)6-8/h8-10,14H,4-7H2,1-3H3/t8-,9?,10?/m0/s1. The Kier molecular flexibility index (Phi) is 2.86. The van der Waals surface area contributed by atoms with Crippen molar-refractivity contribution in [1.29, 1.82) is 0 Å². The van der Waals surface area contributed by atoms with Crippen LogP contribution in [-0.2, 0) is 4.74 Å². The number of aliphatic hydroxyl groups is 1. The van der Waals surface area contributed by atoms with Crippen LogP contribution in [0.3, 0.4) is 0 Å². The van der Waals surface area contributed by atoms with Gasteiger partial charge in [0.05, 0.1) is 6.10 Å². The third-order valence-corrected chi connectivity index (χ3v) is 3.31. The SMILES string of the molecule is CC(C)(C)OC(=O)N1C2CC[C@H]1CC(O)C2. The monoisotopic (exact) mass is 227 g/mol. The molecule has 0 aromatic rings. The Hall–Kier alpha value is -0.770. The Morgan fingerprint density at radius 2 is 1.75 bits per heavy atom. The summed E-state index contributed by atoms with van der Waals surface area (Å²) < 4.78 is 5.40. The molecule has 2 heterocycles. The predicted octanol–water partition coefficient (Wildman–Crippen LogP) is 1.91. The Morgan fingerprint density at radius 1 is 1.25 bits per heavy atom. The van der Waals surface area contributed by atoms with E-state index in [0.29, 0.717) is 12.8 Å². The van der Waals surface area contributed by atoms with Crippen molar-refractivity contribution in [2.24, 2.45) is 0 Å². The van der Waals surface area contributed by atoms with Gasteiger partial charge in [-0.1, -0.05) is 0 Å². The van der Waals surface area contributed by atoms with Crippen molar-refractivity contribution in [1.82, 2.24) is 4.90 Å². The summed E-state index contributed by atoms with van der Waals surface area (Å²) >= 11 is 0. The molecular formula is C12H21NO3. The molecule has 16 heavy (non-hydrogen) atoms. The molecule has 4 heteroatoms. The normalized spacial score (nSPS) is 34.0. The van der Waals surface area contributed by atoms with Gasteiger partial charge >= 0.3 is 6.09 Å². The van der Waals surface area contributed by atoms with Gasteiger partial charge in [0.2, 0.25) is 0 Å². The quantitative estimate of drug-likeness (QED) is 0.687. The van der Waals surface area contributed by atoms with E-state index >= 15 is 0 Å². The van der Waals surface area contributed by atoms with E-state index in [2.05, 4.69) is 0 Å². The Bertz CT molecular complexity index is 270. The summed E-state index contributed by atoms with van der Waals surface area (Å²) in [5.41, 5.74) is -0.438. The number of ether oxygens (including phenoxy) is 1. The fourth-order valence-corrected chi connectivity index (χ4v) is 2.76. The van der Waals surface area contributed by atoms with E-state index in [1.165, 1.54) is 0 Å². The molecule has 0 radical (unpaired) electrons. The minimum atomic E-state index is -0.438. The highest BCUT2D eigenvalue weighted by Crippen LogP contribution is 2.36. The molecule has 0 spiro atoms. The summed E-state index contributed by atoms with van der Waals surface area (Å²) in [5, 5.41) is 9.64. The van der Waals surface area contributed by atoms with Gasteiger partial charge in [0.1, 0.15) is 5.60 Å². The van der Waals surface area contributed by atoms with Crippen LogP contribution in [-0.4, -0.2) is 39.9 Å². The zero-order chi connectivity index (χ0) is 11.9. The molecular weight excluding hydrogens is 206 g/mol. The van der Waals surface area contributed by atoms with Gasteiger partial charge in [-0.05, 0) is 46.5 Å². The zero-order valence-electron chi connectivity index (χ0n) is 10.3. The maximum absolute atomic E-state index is 12.0. The van der Waals surface area contributed by atoms with Gasteiger partial charge in [-0.3, -0.25) is 0 Å². The van der Waals surface area contributed by atoms with E-state index in [0.717, 1.165) is 12.8 Å². The fourth-order valence-electron chi connectivity index (χ4n) is 2.76. The third kappa shape index (κ3) is 2.32. The van der Waals surface area contributed by atoms with Crippen molar-refractivity contribution in [2.75, 3.05) is 0 Å². The summed E-state index contributed by atoms with van der Waals surface area (Å²) in [6.45, 7) is 5.64. The molecule has 2 rings (SSSR count). The molecule has 2 unspecified atom stereocenters. The lowest BCUT2D eigenvalue weighted by atomic mass is 10.0. The van der Waals surface area contributed by atoms with Crippen molar-refractivity contribution >= 4 is 6.09 Å². The second kappa shape index (κ2) is 3.91. The van der Waals surface area contributed by atoms with Crippen LogP contribution >= 0.6 is 0 Å². The van der Waals surface area contributed by atoms with Gasteiger partial charge in [0.15, 0.2) is 0 Å². The molecule has 2 saturated heterocycles. The summed E-state index contributed by atoms with van der Waals surface area (Å²) in [5.74, 6) is 0. The number of fused-ring (bicyclic) bond motifs is 2. The molecule has 2 fully saturated rings. The molecule has 0 aliphatic carbocycles. The molecule has 1 amide bonds. The first kappa shape index (κ1) is 11.7. The first-order chi connectivity index (χ1) is 7.37. The van der Waals surface area contributed by atoms with Crippen LogP contribution in [0.25, 0.3) is 0 Å². The van der Waals surface area contributed by atoms with Crippen LogP contribution in [0.15, 0.2) is 0 Å². The second-order valence-corrected chi connectivity index (χ2v) is 5.90. The van der Waals surface area contributed by atoms with Crippen molar-refractivity contribution in [2.45, 2.75) is 70.2 Å². The third-order valence-electron chi connectivity index (χ3n) is 3.31. The average molecular weight is 227 g/mol. The van der Waals surface area contributed by atoms with Crippen molar-refractivity contribution < 1.29 is 14.6 Å². The lowest BCUT2D eigenvalue weighted by Gasteiger charge is -2.37. The molecule has 1 N–H and O–H groups in total. The lowest BCUT2D eigenvalue weighted by Crippen LogP contribution is -2.49. The average Bonchev–Trinajstić information content (AvgIpc) is 2.36. The fraction of sp³-hybridized carbons (Fsp3) is 0.917. The highest BCUT2D eigenvalue weighted by molar-refractivity contribution is 5.69. The molecule has 0 saturated carbocycles. The van der Waals surface area contributed by atoms with Crippen molar-refractivity contribution in [3.63, 3.8) is 0 Å².